The van der Waals surface area contributed by atoms with E-state index in [2.05, 4.69) is 33.2 Å². The molecule has 1 saturated heterocycles. The summed E-state index contributed by atoms with van der Waals surface area (Å²) in [4.78, 5) is 5.54. The highest BCUT2D eigenvalue weighted by molar-refractivity contribution is 8.78. The molecule has 0 aromatic heterocycles. The van der Waals surface area contributed by atoms with Crippen LogP contribution in [0.5, 0.6) is 0 Å². The Kier molecular flexibility index (Phi) is 3.04. The minimum Gasteiger partial charge on any atom is -0.296 e. The molecule has 0 aromatic rings. The van der Waals surface area contributed by atoms with Crippen LogP contribution >= 0.6 is 21.6 Å². The summed E-state index contributed by atoms with van der Waals surface area (Å²) in [6.45, 7) is 8.89. The average molecular weight is 207 g/mol. The number of hydroxylamine groups is 1. The van der Waals surface area contributed by atoms with E-state index in [9.17, 15) is 0 Å². The molecule has 0 radical (unpaired) electrons. The largest absolute Gasteiger partial charge is 0.296 e. The Hall–Kier alpha value is 0.620. The third-order valence-electron chi connectivity index (χ3n) is 1.97. The maximum Gasteiger partial charge on any atom is 0.109 e. The quantitative estimate of drug-likeness (QED) is 0.554. The molecule has 4 heteroatoms. The lowest BCUT2D eigenvalue weighted by Gasteiger charge is -2.31. The summed E-state index contributed by atoms with van der Waals surface area (Å²) in [6.07, 6.45) is 0.255. The van der Waals surface area contributed by atoms with Crippen LogP contribution in [0.4, 0.5) is 0 Å². The van der Waals surface area contributed by atoms with Crippen LogP contribution in [-0.4, -0.2) is 22.6 Å². The molecule has 1 N–H and O–H groups in total. The van der Waals surface area contributed by atoms with Gasteiger partial charge in [-0.25, -0.2) is 5.48 Å². The predicted molar refractivity (Wildman–Crippen MR) is 57.3 cm³/mol. The molecule has 0 unspecified atom stereocenters. The average Bonchev–Trinajstić information content (AvgIpc) is 2.13. The Morgan fingerprint density at radius 1 is 1.08 bits per heavy atom. The second-order valence-electron chi connectivity index (χ2n) is 4.08. The van der Waals surface area contributed by atoms with Crippen LogP contribution < -0.4 is 5.48 Å². The fraction of sp³-hybridized carbons (Fsp3) is 1.00. The first-order valence-corrected chi connectivity index (χ1v) is 6.24. The van der Waals surface area contributed by atoms with E-state index in [0.29, 0.717) is 0 Å². The highest BCUT2D eigenvalue weighted by Gasteiger charge is 2.50. The molecule has 0 bridgehead atoms. The molecule has 0 saturated carbocycles. The van der Waals surface area contributed by atoms with Gasteiger partial charge in [-0.2, -0.15) is 0 Å². The normalized spacial score (nSPS) is 27.8. The van der Waals surface area contributed by atoms with E-state index in [1.807, 2.05) is 28.6 Å². The van der Waals surface area contributed by atoms with Gasteiger partial charge in [0.2, 0.25) is 0 Å². The van der Waals surface area contributed by atoms with Crippen LogP contribution in [0.25, 0.3) is 0 Å². The van der Waals surface area contributed by atoms with Gasteiger partial charge in [0, 0.05) is 7.05 Å². The molecule has 12 heavy (non-hydrogen) atoms. The Labute approximate surface area is 82.6 Å². The highest BCUT2D eigenvalue weighted by atomic mass is 33.1. The maximum atomic E-state index is 5.54. The smallest absolute Gasteiger partial charge is 0.109 e. The number of rotatable bonds is 2. The van der Waals surface area contributed by atoms with E-state index in [4.69, 9.17) is 4.84 Å². The molecule has 1 aliphatic rings. The van der Waals surface area contributed by atoms with Crippen LogP contribution in [0, 0.1) is 0 Å². The Bertz CT molecular complexity index is 154. The summed E-state index contributed by atoms with van der Waals surface area (Å²) in [7, 11) is 5.63. The minimum atomic E-state index is 0.192. The molecule has 72 valence electrons. The van der Waals surface area contributed by atoms with Crippen LogP contribution in [0.1, 0.15) is 27.7 Å². The van der Waals surface area contributed by atoms with Gasteiger partial charge in [-0.05, 0) is 27.7 Å². The second kappa shape index (κ2) is 3.40. The maximum absolute atomic E-state index is 5.54. The van der Waals surface area contributed by atoms with Gasteiger partial charge in [-0.15, -0.1) is 0 Å². The zero-order chi connectivity index (χ0) is 9.41. The third kappa shape index (κ3) is 1.92. The van der Waals surface area contributed by atoms with Crippen LogP contribution in [-0.2, 0) is 4.84 Å². The van der Waals surface area contributed by atoms with Crippen molar-refractivity contribution in [1.29, 1.82) is 0 Å². The lowest BCUT2D eigenvalue weighted by Crippen LogP contribution is -2.45. The van der Waals surface area contributed by atoms with Gasteiger partial charge >= 0.3 is 0 Å². The molecular weight excluding hydrogens is 190 g/mol. The molecule has 1 rings (SSSR count). The van der Waals surface area contributed by atoms with Gasteiger partial charge in [-0.1, -0.05) is 21.6 Å². The summed E-state index contributed by atoms with van der Waals surface area (Å²) in [5.74, 6) is 0. The monoisotopic (exact) mass is 207 g/mol. The molecule has 0 aromatic carbocycles. The van der Waals surface area contributed by atoms with Crippen molar-refractivity contribution in [3.05, 3.63) is 0 Å². The van der Waals surface area contributed by atoms with Crippen molar-refractivity contribution in [3.63, 3.8) is 0 Å². The van der Waals surface area contributed by atoms with Gasteiger partial charge in [0.15, 0.2) is 0 Å². The summed E-state index contributed by atoms with van der Waals surface area (Å²) in [5, 5.41) is 0. The lowest BCUT2D eigenvalue weighted by atomic mass is 9.95. The van der Waals surface area contributed by atoms with Crippen molar-refractivity contribution in [2.75, 3.05) is 7.05 Å². The fourth-order valence-electron chi connectivity index (χ4n) is 1.54. The lowest BCUT2D eigenvalue weighted by molar-refractivity contribution is -0.0402. The summed E-state index contributed by atoms with van der Waals surface area (Å²) in [5.41, 5.74) is 2.79. The minimum absolute atomic E-state index is 0.192. The topological polar surface area (TPSA) is 21.3 Å². The Morgan fingerprint density at radius 2 is 1.50 bits per heavy atom. The molecule has 0 aliphatic carbocycles. The molecule has 2 nitrogen and oxygen atoms in total. The first-order valence-electron chi connectivity index (χ1n) is 4.09. The van der Waals surface area contributed by atoms with Crippen molar-refractivity contribution >= 4 is 21.6 Å². The van der Waals surface area contributed by atoms with Crippen molar-refractivity contribution in [2.24, 2.45) is 0 Å². The Balaban J connectivity index is 2.74. The third-order valence-corrected chi connectivity index (χ3v) is 6.17. The van der Waals surface area contributed by atoms with E-state index in [0.717, 1.165) is 0 Å². The van der Waals surface area contributed by atoms with Gasteiger partial charge in [-0.3, -0.25) is 4.84 Å². The SMILES string of the molecule is CNOC1C(C)(C)SSC1(C)C. The standard InChI is InChI=1S/C8H17NOS2/c1-7(2)6(10-9-5)8(3,4)12-11-7/h6,9H,1-5H3. The summed E-state index contributed by atoms with van der Waals surface area (Å²) in [6, 6.07) is 0. The molecular formula is C8H17NOS2. The van der Waals surface area contributed by atoms with Crippen molar-refractivity contribution in [3.8, 4) is 0 Å². The van der Waals surface area contributed by atoms with E-state index in [1.54, 1.807) is 0 Å². The number of hydrogen-bond acceptors (Lipinski definition) is 4. The molecule has 0 atom stereocenters. The zero-order valence-electron chi connectivity index (χ0n) is 8.30. The summed E-state index contributed by atoms with van der Waals surface area (Å²) < 4.78 is 0.383. The van der Waals surface area contributed by atoms with Gasteiger partial charge in [0.1, 0.15) is 6.10 Å². The second-order valence-corrected chi connectivity index (χ2v) is 7.51. The van der Waals surface area contributed by atoms with E-state index < -0.39 is 0 Å². The fourth-order valence-corrected chi connectivity index (χ4v) is 4.72. The summed E-state index contributed by atoms with van der Waals surface area (Å²) >= 11 is 0. The van der Waals surface area contributed by atoms with Crippen LogP contribution in [0.3, 0.4) is 0 Å². The first kappa shape index (κ1) is 10.7. The molecule has 0 amide bonds. The molecule has 0 spiro atoms. The predicted octanol–water partition coefficient (Wildman–Crippen LogP) is 2.46. The van der Waals surface area contributed by atoms with Gasteiger partial charge < -0.3 is 0 Å². The first-order chi connectivity index (χ1) is 5.40. The van der Waals surface area contributed by atoms with E-state index >= 15 is 0 Å². The van der Waals surface area contributed by atoms with Crippen molar-refractivity contribution in [1.82, 2.24) is 5.48 Å². The number of hydrogen-bond donors (Lipinski definition) is 1. The van der Waals surface area contributed by atoms with Crippen LogP contribution in [0.2, 0.25) is 0 Å². The van der Waals surface area contributed by atoms with Crippen LogP contribution in [0.15, 0.2) is 0 Å². The molecule has 1 fully saturated rings. The van der Waals surface area contributed by atoms with E-state index in [-0.39, 0.29) is 15.6 Å². The van der Waals surface area contributed by atoms with Gasteiger partial charge in [0.05, 0.1) is 9.49 Å². The van der Waals surface area contributed by atoms with Crippen molar-refractivity contribution < 1.29 is 4.84 Å². The van der Waals surface area contributed by atoms with Gasteiger partial charge in [0.25, 0.3) is 0 Å². The number of nitrogens with one attached hydrogen (secondary N) is 1. The van der Waals surface area contributed by atoms with Crippen molar-refractivity contribution in [2.45, 2.75) is 43.3 Å². The van der Waals surface area contributed by atoms with E-state index in [1.165, 1.54) is 0 Å². The molecule has 1 aliphatic heterocycles. The molecule has 1 heterocycles. The Morgan fingerprint density at radius 3 is 1.83 bits per heavy atom. The highest BCUT2D eigenvalue weighted by Crippen LogP contribution is 2.57. The zero-order valence-corrected chi connectivity index (χ0v) is 9.94.